The Hall–Kier alpha value is -1.97. The van der Waals surface area contributed by atoms with Crippen LogP contribution in [0.3, 0.4) is 0 Å². The van der Waals surface area contributed by atoms with Gasteiger partial charge in [0.1, 0.15) is 5.82 Å². The van der Waals surface area contributed by atoms with Crippen LogP contribution in [0.1, 0.15) is 5.56 Å². The van der Waals surface area contributed by atoms with Gasteiger partial charge >= 0.3 is 0 Å². The summed E-state index contributed by atoms with van der Waals surface area (Å²) in [6.45, 7) is 1.77. The van der Waals surface area contributed by atoms with Gasteiger partial charge in [0.2, 0.25) is 0 Å². The van der Waals surface area contributed by atoms with Gasteiger partial charge < -0.3 is 4.98 Å². The normalized spacial score (nSPS) is 10.3. The van der Waals surface area contributed by atoms with Gasteiger partial charge in [0, 0.05) is 6.20 Å². The number of halogens is 1. The van der Waals surface area contributed by atoms with Crippen molar-refractivity contribution in [2.75, 3.05) is 0 Å². The lowest BCUT2D eigenvalue weighted by atomic mass is 10.1. The van der Waals surface area contributed by atoms with Crippen molar-refractivity contribution in [2.24, 2.45) is 0 Å². The third kappa shape index (κ3) is 1.93. The summed E-state index contributed by atoms with van der Waals surface area (Å²) in [5.74, 6) is -0.353. The molecule has 0 aliphatic heterocycles. The Bertz CT molecular complexity index is 528. The van der Waals surface area contributed by atoms with E-state index in [1.165, 1.54) is 24.7 Å². The topological polar surface area (TPSA) is 45.8 Å². The number of hydrogen-bond donors (Lipinski definition) is 1. The van der Waals surface area contributed by atoms with E-state index in [1.807, 2.05) is 0 Å². The number of aryl methyl sites for hydroxylation is 1. The Labute approximate surface area is 85.6 Å². The Kier molecular flexibility index (Phi) is 2.33. The van der Waals surface area contributed by atoms with Crippen molar-refractivity contribution in [3.8, 4) is 11.1 Å². The molecule has 0 saturated carbocycles. The second kappa shape index (κ2) is 3.65. The Balaban J connectivity index is 2.64. The molecule has 0 saturated heterocycles. The highest BCUT2D eigenvalue weighted by Gasteiger charge is 2.04. The highest BCUT2D eigenvalue weighted by Crippen LogP contribution is 2.17. The summed E-state index contributed by atoms with van der Waals surface area (Å²) in [4.78, 5) is 17.7. The molecule has 2 rings (SSSR count). The molecule has 15 heavy (non-hydrogen) atoms. The summed E-state index contributed by atoms with van der Waals surface area (Å²) >= 11 is 0. The molecule has 4 heteroatoms. The molecule has 3 nitrogen and oxygen atoms in total. The first kappa shape index (κ1) is 9.58. The van der Waals surface area contributed by atoms with Gasteiger partial charge in [-0.05, 0) is 30.2 Å². The van der Waals surface area contributed by atoms with E-state index >= 15 is 0 Å². The maximum Gasteiger partial charge on any atom is 0.258 e. The third-order valence-electron chi connectivity index (χ3n) is 2.07. The number of H-pyrrole nitrogens is 1. The number of aromatic amines is 1. The van der Waals surface area contributed by atoms with Crippen molar-refractivity contribution in [1.82, 2.24) is 9.97 Å². The minimum Gasteiger partial charge on any atom is -0.313 e. The first-order valence-corrected chi connectivity index (χ1v) is 4.47. The fourth-order valence-corrected chi connectivity index (χ4v) is 1.44. The third-order valence-corrected chi connectivity index (χ3v) is 2.07. The van der Waals surface area contributed by atoms with Gasteiger partial charge in [-0.3, -0.25) is 4.79 Å². The molecule has 2 aromatic rings. The van der Waals surface area contributed by atoms with Crippen LogP contribution in [0.5, 0.6) is 0 Å². The van der Waals surface area contributed by atoms with E-state index in [0.29, 0.717) is 11.1 Å². The number of aromatic nitrogens is 2. The molecular weight excluding hydrogens is 195 g/mol. The zero-order valence-electron chi connectivity index (χ0n) is 8.12. The van der Waals surface area contributed by atoms with Crippen LogP contribution >= 0.6 is 0 Å². The standard InChI is InChI=1S/C11H9FN2O/c1-7-2-8(4-9(12)3-7)10-5-13-6-14-11(10)15/h2-6H,1H3,(H,13,14,15). The summed E-state index contributed by atoms with van der Waals surface area (Å²) in [7, 11) is 0. The van der Waals surface area contributed by atoms with Crippen LogP contribution in [0, 0.1) is 12.7 Å². The van der Waals surface area contributed by atoms with E-state index in [0.717, 1.165) is 5.56 Å². The molecule has 0 bridgehead atoms. The van der Waals surface area contributed by atoms with Crippen molar-refractivity contribution < 1.29 is 4.39 Å². The second-order valence-corrected chi connectivity index (χ2v) is 3.31. The lowest BCUT2D eigenvalue weighted by Gasteiger charge is -2.01. The van der Waals surface area contributed by atoms with E-state index in [2.05, 4.69) is 9.97 Å². The molecule has 0 spiro atoms. The Morgan fingerprint density at radius 1 is 1.33 bits per heavy atom. The zero-order valence-corrected chi connectivity index (χ0v) is 8.12. The number of benzene rings is 1. The monoisotopic (exact) mass is 204 g/mol. The van der Waals surface area contributed by atoms with Crippen LogP contribution in [0.25, 0.3) is 11.1 Å². The first-order valence-electron chi connectivity index (χ1n) is 4.47. The molecule has 0 unspecified atom stereocenters. The minimum absolute atomic E-state index is 0.269. The highest BCUT2D eigenvalue weighted by molar-refractivity contribution is 5.62. The summed E-state index contributed by atoms with van der Waals surface area (Å²) in [5, 5.41) is 0. The van der Waals surface area contributed by atoms with E-state index in [4.69, 9.17) is 0 Å². The van der Waals surface area contributed by atoms with Gasteiger partial charge in [-0.15, -0.1) is 0 Å². The molecule has 0 fully saturated rings. The summed E-state index contributed by atoms with van der Waals surface area (Å²) in [6, 6.07) is 4.47. The molecule has 1 aromatic carbocycles. The van der Waals surface area contributed by atoms with Gasteiger partial charge in [-0.25, -0.2) is 9.37 Å². The quantitative estimate of drug-likeness (QED) is 0.770. The number of nitrogens with one attached hydrogen (secondary N) is 1. The fraction of sp³-hybridized carbons (Fsp3) is 0.0909. The van der Waals surface area contributed by atoms with Crippen LogP contribution in [0.2, 0.25) is 0 Å². The molecule has 0 radical (unpaired) electrons. The summed E-state index contributed by atoms with van der Waals surface area (Å²) in [5.41, 5.74) is 1.42. The number of nitrogens with zero attached hydrogens (tertiary/aromatic N) is 1. The van der Waals surface area contributed by atoms with Crippen molar-refractivity contribution in [1.29, 1.82) is 0 Å². The fourth-order valence-electron chi connectivity index (χ4n) is 1.44. The van der Waals surface area contributed by atoms with Gasteiger partial charge in [0.15, 0.2) is 0 Å². The molecule has 0 amide bonds. The zero-order chi connectivity index (χ0) is 10.8. The van der Waals surface area contributed by atoms with Gasteiger partial charge in [0.25, 0.3) is 5.56 Å². The second-order valence-electron chi connectivity index (χ2n) is 3.31. The largest absolute Gasteiger partial charge is 0.313 e. The maximum absolute atomic E-state index is 13.1. The highest BCUT2D eigenvalue weighted by atomic mass is 19.1. The average molecular weight is 204 g/mol. The number of hydrogen-bond acceptors (Lipinski definition) is 2. The molecule has 0 atom stereocenters. The maximum atomic E-state index is 13.1. The molecule has 0 aliphatic carbocycles. The lowest BCUT2D eigenvalue weighted by Crippen LogP contribution is -2.08. The van der Waals surface area contributed by atoms with Gasteiger partial charge in [-0.2, -0.15) is 0 Å². The first-order chi connectivity index (χ1) is 7.16. The van der Waals surface area contributed by atoms with E-state index in [-0.39, 0.29) is 11.4 Å². The lowest BCUT2D eigenvalue weighted by molar-refractivity contribution is 0.627. The van der Waals surface area contributed by atoms with Gasteiger partial charge in [-0.1, -0.05) is 6.07 Å². The molecule has 1 heterocycles. The smallest absolute Gasteiger partial charge is 0.258 e. The summed E-state index contributed by atoms with van der Waals surface area (Å²) in [6.07, 6.45) is 2.73. The van der Waals surface area contributed by atoms with Crippen LogP contribution < -0.4 is 5.56 Å². The van der Waals surface area contributed by atoms with Crippen LogP contribution in [-0.2, 0) is 0 Å². The van der Waals surface area contributed by atoms with Crippen LogP contribution in [-0.4, -0.2) is 9.97 Å². The van der Waals surface area contributed by atoms with E-state index in [9.17, 15) is 9.18 Å². The minimum atomic E-state index is -0.353. The van der Waals surface area contributed by atoms with Crippen molar-refractivity contribution in [3.05, 3.63) is 52.5 Å². The number of rotatable bonds is 1. The molecular formula is C11H9FN2O. The predicted octanol–water partition coefficient (Wildman–Crippen LogP) is 1.88. The van der Waals surface area contributed by atoms with Crippen molar-refractivity contribution >= 4 is 0 Å². The van der Waals surface area contributed by atoms with Crippen molar-refractivity contribution in [3.63, 3.8) is 0 Å². The Morgan fingerprint density at radius 3 is 2.80 bits per heavy atom. The van der Waals surface area contributed by atoms with Gasteiger partial charge in [0.05, 0.1) is 11.9 Å². The molecule has 0 aliphatic rings. The van der Waals surface area contributed by atoms with E-state index < -0.39 is 0 Å². The predicted molar refractivity (Wildman–Crippen MR) is 55.0 cm³/mol. The average Bonchev–Trinajstić information content (AvgIpc) is 2.16. The van der Waals surface area contributed by atoms with E-state index in [1.54, 1.807) is 13.0 Å². The van der Waals surface area contributed by atoms with Crippen LogP contribution in [0.4, 0.5) is 4.39 Å². The SMILES string of the molecule is Cc1cc(F)cc(-c2cnc[nH]c2=O)c1. The van der Waals surface area contributed by atoms with Crippen LogP contribution in [0.15, 0.2) is 35.5 Å². The molecule has 1 aromatic heterocycles. The van der Waals surface area contributed by atoms with Crippen molar-refractivity contribution in [2.45, 2.75) is 6.92 Å². The molecule has 76 valence electrons. The molecule has 1 N–H and O–H groups in total. The Morgan fingerprint density at radius 2 is 2.13 bits per heavy atom. The summed E-state index contributed by atoms with van der Waals surface area (Å²) < 4.78 is 13.1.